The summed E-state index contributed by atoms with van der Waals surface area (Å²) in [5.41, 5.74) is 5.36. The summed E-state index contributed by atoms with van der Waals surface area (Å²) in [6.07, 6.45) is -2.77. The Hall–Kier alpha value is -2.05. The van der Waals surface area contributed by atoms with Crippen molar-refractivity contribution in [2.75, 3.05) is 5.73 Å². The van der Waals surface area contributed by atoms with E-state index in [0.29, 0.717) is 11.4 Å². The zero-order valence-corrected chi connectivity index (χ0v) is 8.86. The number of pyridine rings is 1. The molecule has 0 saturated carbocycles. The Labute approximate surface area is 94.9 Å². The molecule has 0 saturated heterocycles. The number of nitrogen functional groups attached to an aromatic ring is 1. The summed E-state index contributed by atoms with van der Waals surface area (Å²) in [5.74, 6) is 0.523. The minimum Gasteiger partial charge on any atom is -0.384 e. The molecule has 0 radical (unpaired) electrons. The summed E-state index contributed by atoms with van der Waals surface area (Å²) in [4.78, 5) is 3.95. The van der Waals surface area contributed by atoms with Gasteiger partial charge in [0.2, 0.25) is 0 Å². The van der Waals surface area contributed by atoms with Gasteiger partial charge in [-0.3, -0.25) is 0 Å². The third kappa shape index (κ3) is 2.22. The summed E-state index contributed by atoms with van der Waals surface area (Å²) < 4.78 is 38.3. The van der Waals surface area contributed by atoms with Crippen molar-refractivity contribution in [1.82, 2.24) is 14.8 Å². The van der Waals surface area contributed by atoms with Gasteiger partial charge in [0, 0.05) is 6.20 Å². The van der Waals surface area contributed by atoms with Crippen molar-refractivity contribution in [2.45, 2.75) is 13.1 Å². The summed E-state index contributed by atoms with van der Waals surface area (Å²) in [6, 6.07) is 3.25. The number of alkyl halides is 3. The second-order valence-corrected chi connectivity index (χ2v) is 3.55. The third-order valence-corrected chi connectivity index (χ3v) is 2.22. The number of nitrogens with zero attached hydrogens (tertiary/aromatic N) is 3. The Kier molecular flexibility index (Phi) is 2.53. The maximum atomic E-state index is 12.4. The maximum absolute atomic E-state index is 12.4. The first kappa shape index (κ1) is 11.4. The number of hydrogen-bond donors (Lipinski definition) is 1. The SMILES string of the molecule is Cc1ccc(N)nc1-n1cc(C(F)(F)F)cn1. The summed E-state index contributed by atoms with van der Waals surface area (Å²) >= 11 is 0. The van der Waals surface area contributed by atoms with Gasteiger partial charge in [0.15, 0.2) is 5.82 Å². The highest BCUT2D eigenvalue weighted by Crippen LogP contribution is 2.29. The minimum absolute atomic E-state index is 0.231. The van der Waals surface area contributed by atoms with Crippen LogP contribution in [0.25, 0.3) is 5.82 Å². The molecule has 0 aliphatic carbocycles. The van der Waals surface area contributed by atoms with E-state index in [2.05, 4.69) is 10.1 Å². The lowest BCUT2D eigenvalue weighted by Gasteiger charge is -2.05. The topological polar surface area (TPSA) is 56.7 Å². The van der Waals surface area contributed by atoms with Crippen molar-refractivity contribution in [3.63, 3.8) is 0 Å². The lowest BCUT2D eigenvalue weighted by molar-refractivity contribution is -0.137. The van der Waals surface area contributed by atoms with Crippen molar-refractivity contribution in [3.8, 4) is 5.82 Å². The summed E-state index contributed by atoms with van der Waals surface area (Å²) in [7, 11) is 0. The number of nitrogens with two attached hydrogens (primary N) is 1. The molecule has 17 heavy (non-hydrogen) atoms. The molecule has 90 valence electrons. The first-order chi connectivity index (χ1) is 7.88. The van der Waals surface area contributed by atoms with Crippen molar-refractivity contribution in [3.05, 3.63) is 35.7 Å². The molecular weight excluding hydrogens is 233 g/mol. The number of anilines is 1. The van der Waals surface area contributed by atoms with Gasteiger partial charge in [-0.25, -0.2) is 9.67 Å². The highest BCUT2D eigenvalue weighted by molar-refractivity contribution is 5.41. The zero-order chi connectivity index (χ0) is 12.6. The molecule has 4 nitrogen and oxygen atoms in total. The van der Waals surface area contributed by atoms with Crippen LogP contribution in [0.5, 0.6) is 0 Å². The molecule has 0 aliphatic heterocycles. The highest BCUT2D eigenvalue weighted by Gasteiger charge is 2.32. The van der Waals surface area contributed by atoms with E-state index in [4.69, 9.17) is 5.73 Å². The largest absolute Gasteiger partial charge is 0.419 e. The fraction of sp³-hybridized carbons (Fsp3) is 0.200. The van der Waals surface area contributed by atoms with Crippen LogP contribution in [0.4, 0.5) is 19.0 Å². The Morgan fingerprint density at radius 3 is 2.59 bits per heavy atom. The van der Waals surface area contributed by atoms with Crippen LogP contribution < -0.4 is 5.73 Å². The van der Waals surface area contributed by atoms with Crippen molar-refractivity contribution in [1.29, 1.82) is 0 Å². The quantitative estimate of drug-likeness (QED) is 0.833. The molecule has 2 heterocycles. The average molecular weight is 242 g/mol. The van der Waals surface area contributed by atoms with Crippen LogP contribution in [0.2, 0.25) is 0 Å². The lowest BCUT2D eigenvalue weighted by Crippen LogP contribution is -2.05. The van der Waals surface area contributed by atoms with Crippen LogP contribution in [0.3, 0.4) is 0 Å². The monoisotopic (exact) mass is 242 g/mol. The molecule has 0 aromatic carbocycles. The Balaban J connectivity index is 2.47. The summed E-state index contributed by atoms with van der Waals surface area (Å²) in [6.45, 7) is 1.72. The van der Waals surface area contributed by atoms with Crippen LogP contribution in [0.1, 0.15) is 11.1 Å². The van der Waals surface area contributed by atoms with E-state index < -0.39 is 11.7 Å². The second-order valence-electron chi connectivity index (χ2n) is 3.55. The third-order valence-electron chi connectivity index (χ3n) is 2.22. The molecule has 0 unspecified atom stereocenters. The molecule has 2 aromatic rings. The minimum atomic E-state index is -4.41. The predicted molar refractivity (Wildman–Crippen MR) is 55.5 cm³/mol. The predicted octanol–water partition coefficient (Wildman–Crippen LogP) is 2.18. The molecule has 0 atom stereocenters. The van der Waals surface area contributed by atoms with E-state index in [1.54, 1.807) is 19.1 Å². The first-order valence-corrected chi connectivity index (χ1v) is 4.73. The fourth-order valence-electron chi connectivity index (χ4n) is 1.35. The standard InChI is InChI=1S/C10H9F3N4/c1-6-2-3-8(14)16-9(6)17-5-7(4-15-17)10(11,12)13/h2-5H,1H3,(H2,14,16). The van der Waals surface area contributed by atoms with E-state index in [9.17, 15) is 13.2 Å². The number of hydrogen-bond acceptors (Lipinski definition) is 3. The number of aryl methyl sites for hydroxylation is 1. The maximum Gasteiger partial charge on any atom is 0.419 e. The van der Waals surface area contributed by atoms with E-state index in [-0.39, 0.29) is 5.82 Å². The molecular formula is C10H9F3N4. The van der Waals surface area contributed by atoms with Crippen molar-refractivity contribution < 1.29 is 13.2 Å². The molecule has 2 N–H and O–H groups in total. The van der Waals surface area contributed by atoms with Crippen LogP contribution in [0.15, 0.2) is 24.5 Å². The van der Waals surface area contributed by atoms with E-state index in [1.807, 2.05) is 0 Å². The van der Waals surface area contributed by atoms with Gasteiger partial charge in [-0.2, -0.15) is 18.3 Å². The average Bonchev–Trinajstić information content (AvgIpc) is 2.70. The first-order valence-electron chi connectivity index (χ1n) is 4.73. The van der Waals surface area contributed by atoms with E-state index >= 15 is 0 Å². The molecule has 7 heteroatoms. The van der Waals surface area contributed by atoms with Crippen molar-refractivity contribution >= 4 is 5.82 Å². The Morgan fingerprint density at radius 1 is 1.29 bits per heavy atom. The van der Waals surface area contributed by atoms with E-state index in [0.717, 1.165) is 17.1 Å². The Morgan fingerprint density at radius 2 is 2.00 bits per heavy atom. The zero-order valence-electron chi connectivity index (χ0n) is 8.86. The van der Waals surface area contributed by atoms with Crippen molar-refractivity contribution in [2.24, 2.45) is 0 Å². The number of aromatic nitrogens is 3. The number of rotatable bonds is 1. The molecule has 0 spiro atoms. The normalized spacial score (nSPS) is 11.8. The Bertz CT molecular complexity index is 545. The molecule has 0 amide bonds. The van der Waals surface area contributed by atoms with Gasteiger partial charge in [0.05, 0.1) is 11.8 Å². The molecule has 0 bridgehead atoms. The highest BCUT2D eigenvalue weighted by atomic mass is 19.4. The second kappa shape index (κ2) is 3.76. The fourth-order valence-corrected chi connectivity index (χ4v) is 1.35. The van der Waals surface area contributed by atoms with Gasteiger partial charge < -0.3 is 5.73 Å². The van der Waals surface area contributed by atoms with Gasteiger partial charge in [0.25, 0.3) is 0 Å². The van der Waals surface area contributed by atoms with Gasteiger partial charge in [0.1, 0.15) is 5.82 Å². The molecule has 0 fully saturated rings. The van der Waals surface area contributed by atoms with Gasteiger partial charge in [-0.1, -0.05) is 6.07 Å². The molecule has 2 rings (SSSR count). The number of halogens is 3. The van der Waals surface area contributed by atoms with Gasteiger partial charge in [-0.15, -0.1) is 0 Å². The smallest absolute Gasteiger partial charge is 0.384 e. The van der Waals surface area contributed by atoms with Crippen LogP contribution >= 0.6 is 0 Å². The molecule has 0 aliphatic rings. The van der Waals surface area contributed by atoms with Gasteiger partial charge in [-0.05, 0) is 18.6 Å². The van der Waals surface area contributed by atoms with E-state index in [1.165, 1.54) is 0 Å². The summed E-state index contributed by atoms with van der Waals surface area (Å²) in [5, 5.41) is 3.63. The van der Waals surface area contributed by atoms with Gasteiger partial charge >= 0.3 is 6.18 Å². The molecule has 2 aromatic heterocycles. The van der Waals surface area contributed by atoms with Crippen LogP contribution in [-0.4, -0.2) is 14.8 Å². The lowest BCUT2D eigenvalue weighted by atomic mass is 10.3. The van der Waals surface area contributed by atoms with Crippen LogP contribution in [0, 0.1) is 6.92 Å². The van der Waals surface area contributed by atoms with Crippen LogP contribution in [-0.2, 0) is 6.18 Å².